The third-order valence-electron chi connectivity index (χ3n) is 5.98. The third-order valence-corrected chi connectivity index (χ3v) is 5.98. The Hall–Kier alpha value is -2.69. The number of rotatable bonds is 8. The van der Waals surface area contributed by atoms with Gasteiger partial charge in [0.2, 0.25) is 5.91 Å². The summed E-state index contributed by atoms with van der Waals surface area (Å²) in [5.74, 6) is 2.34. The zero-order valence-electron chi connectivity index (χ0n) is 17.4. The second-order valence-corrected chi connectivity index (χ2v) is 7.83. The van der Waals surface area contributed by atoms with Crippen molar-refractivity contribution in [3.63, 3.8) is 0 Å². The Bertz CT molecular complexity index is 867. The molecule has 1 atom stereocenters. The first kappa shape index (κ1) is 19.6. The Kier molecular flexibility index (Phi) is 5.93. The molecule has 1 saturated heterocycles. The van der Waals surface area contributed by atoms with Gasteiger partial charge in [-0.05, 0) is 49.1 Å². The van der Waals surface area contributed by atoms with Crippen molar-refractivity contribution in [1.82, 2.24) is 4.90 Å². The van der Waals surface area contributed by atoms with Gasteiger partial charge >= 0.3 is 0 Å². The molecule has 29 heavy (non-hydrogen) atoms. The maximum absolute atomic E-state index is 12.0. The van der Waals surface area contributed by atoms with E-state index in [2.05, 4.69) is 41.3 Å². The van der Waals surface area contributed by atoms with Crippen LogP contribution in [0.1, 0.15) is 43.2 Å². The van der Waals surface area contributed by atoms with E-state index in [1.54, 1.807) is 7.11 Å². The Morgan fingerprint density at radius 1 is 1.10 bits per heavy atom. The van der Waals surface area contributed by atoms with Gasteiger partial charge in [0.15, 0.2) is 11.5 Å². The summed E-state index contributed by atoms with van der Waals surface area (Å²) >= 11 is 0. The average Bonchev–Trinajstić information content (AvgIpc) is 3.30. The molecule has 1 unspecified atom stereocenters. The van der Waals surface area contributed by atoms with Gasteiger partial charge in [0.1, 0.15) is 0 Å². The minimum atomic E-state index is 0.315. The number of carbonyl (C=O) groups is 1. The topological polar surface area (TPSA) is 42.0 Å². The lowest BCUT2D eigenvalue weighted by Crippen LogP contribution is -2.28. The molecule has 0 spiro atoms. The van der Waals surface area contributed by atoms with E-state index in [9.17, 15) is 4.79 Å². The highest BCUT2D eigenvalue weighted by Crippen LogP contribution is 2.39. The number of fused-ring (bicyclic) bond motifs is 1. The first-order valence-corrected chi connectivity index (χ1v) is 10.6. The first-order chi connectivity index (χ1) is 14.2. The van der Waals surface area contributed by atoms with E-state index in [1.807, 2.05) is 17.9 Å². The molecule has 2 aliphatic heterocycles. The van der Waals surface area contributed by atoms with E-state index in [4.69, 9.17) is 9.47 Å². The largest absolute Gasteiger partial charge is 0.493 e. The second kappa shape index (κ2) is 8.76. The van der Waals surface area contributed by atoms with Crippen molar-refractivity contribution in [1.29, 1.82) is 0 Å². The fraction of sp³-hybridized carbons (Fsp3) is 0.458. The van der Waals surface area contributed by atoms with Gasteiger partial charge in [0, 0.05) is 44.2 Å². The van der Waals surface area contributed by atoms with Gasteiger partial charge in [-0.1, -0.05) is 24.3 Å². The lowest BCUT2D eigenvalue weighted by Gasteiger charge is -2.22. The van der Waals surface area contributed by atoms with Crippen LogP contribution < -0.4 is 14.4 Å². The van der Waals surface area contributed by atoms with Gasteiger partial charge in [-0.25, -0.2) is 0 Å². The SMILES string of the molecule is CCOc1cc(CN2CC(CCN3CCCC3=O)c3ccccc32)ccc1OC. The number of para-hydroxylation sites is 1. The van der Waals surface area contributed by atoms with Crippen LogP contribution in [0.3, 0.4) is 0 Å². The molecule has 1 amide bonds. The molecule has 1 fully saturated rings. The van der Waals surface area contributed by atoms with E-state index in [0.29, 0.717) is 24.9 Å². The maximum atomic E-state index is 12.0. The molecule has 0 radical (unpaired) electrons. The van der Waals surface area contributed by atoms with Gasteiger partial charge in [-0.2, -0.15) is 0 Å². The summed E-state index contributed by atoms with van der Waals surface area (Å²) in [6.07, 6.45) is 2.74. The number of anilines is 1. The summed E-state index contributed by atoms with van der Waals surface area (Å²) in [7, 11) is 1.67. The van der Waals surface area contributed by atoms with Gasteiger partial charge < -0.3 is 19.3 Å². The molecule has 0 aliphatic carbocycles. The van der Waals surface area contributed by atoms with Crippen LogP contribution in [0, 0.1) is 0 Å². The molecular weight excluding hydrogens is 364 g/mol. The highest BCUT2D eigenvalue weighted by Gasteiger charge is 2.30. The molecule has 154 valence electrons. The lowest BCUT2D eigenvalue weighted by molar-refractivity contribution is -0.127. The summed E-state index contributed by atoms with van der Waals surface area (Å²) in [4.78, 5) is 16.4. The minimum Gasteiger partial charge on any atom is -0.493 e. The van der Waals surface area contributed by atoms with E-state index >= 15 is 0 Å². The molecule has 0 bridgehead atoms. The van der Waals surface area contributed by atoms with Crippen LogP contribution in [0.2, 0.25) is 0 Å². The van der Waals surface area contributed by atoms with Crippen molar-refractivity contribution in [2.45, 2.75) is 38.6 Å². The number of ether oxygens (including phenoxy) is 2. The molecule has 4 rings (SSSR count). The van der Waals surface area contributed by atoms with Crippen molar-refractivity contribution in [2.24, 2.45) is 0 Å². The summed E-state index contributed by atoms with van der Waals surface area (Å²) < 4.78 is 11.2. The molecule has 2 aromatic rings. The van der Waals surface area contributed by atoms with Crippen LogP contribution in [0.25, 0.3) is 0 Å². The van der Waals surface area contributed by atoms with E-state index in [1.165, 1.54) is 16.8 Å². The van der Waals surface area contributed by atoms with E-state index in [-0.39, 0.29) is 0 Å². The standard InChI is InChI=1S/C24H30N2O3/c1-3-29-23-15-18(10-11-22(23)28-2)16-26-17-19(20-7-4-5-8-21(20)26)12-14-25-13-6-9-24(25)27/h4-5,7-8,10-11,15,19H,3,6,9,12-14,16-17H2,1-2H3. The molecule has 0 N–H and O–H groups in total. The maximum Gasteiger partial charge on any atom is 0.222 e. The number of nitrogens with zero attached hydrogens (tertiary/aromatic N) is 2. The predicted octanol–water partition coefficient (Wildman–Crippen LogP) is 4.21. The van der Waals surface area contributed by atoms with Gasteiger partial charge in [0.25, 0.3) is 0 Å². The molecule has 2 heterocycles. The highest BCUT2D eigenvalue weighted by atomic mass is 16.5. The molecular formula is C24H30N2O3. The number of hydrogen-bond donors (Lipinski definition) is 0. The fourth-order valence-electron chi connectivity index (χ4n) is 4.54. The number of benzene rings is 2. The van der Waals surface area contributed by atoms with Crippen molar-refractivity contribution >= 4 is 11.6 Å². The van der Waals surface area contributed by atoms with E-state index in [0.717, 1.165) is 50.5 Å². The van der Waals surface area contributed by atoms with Crippen LogP contribution in [0.4, 0.5) is 5.69 Å². The van der Waals surface area contributed by atoms with Crippen LogP contribution in [0.15, 0.2) is 42.5 Å². The zero-order chi connectivity index (χ0) is 20.2. The summed E-state index contributed by atoms with van der Waals surface area (Å²) in [6, 6.07) is 14.9. The lowest BCUT2D eigenvalue weighted by atomic mass is 9.98. The van der Waals surface area contributed by atoms with Gasteiger partial charge in [0.05, 0.1) is 13.7 Å². The summed E-state index contributed by atoms with van der Waals surface area (Å²) in [5, 5.41) is 0. The molecule has 0 aromatic heterocycles. The quantitative estimate of drug-likeness (QED) is 0.673. The third kappa shape index (κ3) is 4.19. The van der Waals surface area contributed by atoms with Gasteiger partial charge in [-0.15, -0.1) is 0 Å². The Labute approximate surface area is 173 Å². The van der Waals surface area contributed by atoms with Crippen molar-refractivity contribution < 1.29 is 14.3 Å². The second-order valence-electron chi connectivity index (χ2n) is 7.83. The monoisotopic (exact) mass is 394 g/mol. The van der Waals surface area contributed by atoms with E-state index < -0.39 is 0 Å². The molecule has 2 aliphatic rings. The highest BCUT2D eigenvalue weighted by molar-refractivity contribution is 5.78. The summed E-state index contributed by atoms with van der Waals surface area (Å²) in [5.41, 5.74) is 3.91. The number of hydrogen-bond acceptors (Lipinski definition) is 4. The van der Waals surface area contributed by atoms with Crippen LogP contribution in [0.5, 0.6) is 11.5 Å². The molecule has 0 saturated carbocycles. The molecule has 5 heteroatoms. The van der Waals surface area contributed by atoms with Crippen molar-refractivity contribution in [3.05, 3.63) is 53.6 Å². The van der Waals surface area contributed by atoms with Crippen LogP contribution >= 0.6 is 0 Å². The molecule has 2 aromatic carbocycles. The average molecular weight is 395 g/mol. The first-order valence-electron chi connectivity index (χ1n) is 10.6. The number of carbonyl (C=O) groups excluding carboxylic acids is 1. The smallest absolute Gasteiger partial charge is 0.222 e. The Balaban J connectivity index is 1.48. The number of methoxy groups -OCH3 is 1. The summed E-state index contributed by atoms with van der Waals surface area (Å²) in [6.45, 7) is 6.20. The normalized spacial score (nSPS) is 18.3. The van der Waals surface area contributed by atoms with Gasteiger partial charge in [-0.3, -0.25) is 4.79 Å². The van der Waals surface area contributed by atoms with Crippen LogP contribution in [-0.2, 0) is 11.3 Å². The zero-order valence-corrected chi connectivity index (χ0v) is 17.4. The predicted molar refractivity (Wildman–Crippen MR) is 115 cm³/mol. The fourth-order valence-corrected chi connectivity index (χ4v) is 4.54. The molecule has 5 nitrogen and oxygen atoms in total. The minimum absolute atomic E-state index is 0.315. The number of amides is 1. The Morgan fingerprint density at radius 2 is 1.97 bits per heavy atom. The van der Waals surface area contributed by atoms with Crippen LogP contribution in [-0.4, -0.2) is 44.2 Å². The van der Waals surface area contributed by atoms with Crippen molar-refractivity contribution in [2.75, 3.05) is 38.3 Å². The Morgan fingerprint density at radius 3 is 2.72 bits per heavy atom. The van der Waals surface area contributed by atoms with Crippen molar-refractivity contribution in [3.8, 4) is 11.5 Å². The number of likely N-dealkylation sites (tertiary alicyclic amines) is 1.